The molecule has 0 spiro atoms. The van der Waals surface area contributed by atoms with E-state index < -0.39 is 0 Å². The van der Waals surface area contributed by atoms with Gasteiger partial charge in [-0.25, -0.2) is 9.36 Å². The van der Waals surface area contributed by atoms with Crippen molar-refractivity contribution in [3.63, 3.8) is 0 Å². The fourth-order valence-electron chi connectivity index (χ4n) is 3.10. The quantitative estimate of drug-likeness (QED) is 0.531. The van der Waals surface area contributed by atoms with Crippen LogP contribution in [-0.4, -0.2) is 30.0 Å². The third-order valence-electron chi connectivity index (χ3n) is 4.35. The van der Waals surface area contributed by atoms with Crippen LogP contribution in [0.25, 0.3) is 17.1 Å². The van der Waals surface area contributed by atoms with E-state index in [1.54, 1.807) is 27.7 Å². The van der Waals surface area contributed by atoms with Crippen molar-refractivity contribution in [3.05, 3.63) is 76.1 Å². The molecule has 7 nitrogen and oxygen atoms in total. The van der Waals surface area contributed by atoms with Gasteiger partial charge in [0.2, 0.25) is 0 Å². The number of nitriles is 1. The van der Waals surface area contributed by atoms with E-state index in [-0.39, 0.29) is 0 Å². The standard InChI is InChI=1S/C20H16ClN7/c1-13-7-14(2)9-17(8-13)28-19(21)18(11-23-28)20-24-25-26-27(20)12-16-5-3-15(10-22)4-6-16/h3-9,11H,12H2,1-2H3. The number of aryl methyl sites for hydroxylation is 2. The fourth-order valence-corrected chi connectivity index (χ4v) is 3.37. The second kappa shape index (κ2) is 7.25. The van der Waals surface area contributed by atoms with Gasteiger partial charge in [0.25, 0.3) is 0 Å². The lowest BCUT2D eigenvalue weighted by molar-refractivity contribution is 0.653. The summed E-state index contributed by atoms with van der Waals surface area (Å²) in [6.07, 6.45) is 1.67. The van der Waals surface area contributed by atoms with Gasteiger partial charge in [-0.1, -0.05) is 29.8 Å². The zero-order chi connectivity index (χ0) is 19.7. The predicted octanol–water partition coefficient (Wildman–Crippen LogP) is 3.72. The van der Waals surface area contributed by atoms with Gasteiger partial charge in [0.1, 0.15) is 5.15 Å². The van der Waals surface area contributed by atoms with Crippen LogP contribution >= 0.6 is 11.6 Å². The SMILES string of the molecule is Cc1cc(C)cc(-n2ncc(-c3nnnn3Cc3ccc(C#N)cc3)c2Cl)c1. The van der Waals surface area contributed by atoms with Crippen molar-refractivity contribution in [1.82, 2.24) is 30.0 Å². The van der Waals surface area contributed by atoms with E-state index in [0.29, 0.717) is 28.6 Å². The van der Waals surface area contributed by atoms with Gasteiger partial charge in [0.05, 0.1) is 35.6 Å². The van der Waals surface area contributed by atoms with Gasteiger partial charge < -0.3 is 0 Å². The Morgan fingerprint density at radius 2 is 1.79 bits per heavy atom. The first-order chi connectivity index (χ1) is 13.5. The van der Waals surface area contributed by atoms with Crippen molar-refractivity contribution in [1.29, 1.82) is 5.26 Å². The first-order valence-corrected chi connectivity index (χ1v) is 9.01. The van der Waals surface area contributed by atoms with E-state index in [9.17, 15) is 0 Å². The summed E-state index contributed by atoms with van der Waals surface area (Å²) >= 11 is 6.63. The van der Waals surface area contributed by atoms with Gasteiger partial charge in [-0.2, -0.15) is 10.4 Å². The molecule has 138 valence electrons. The van der Waals surface area contributed by atoms with Crippen molar-refractivity contribution < 1.29 is 0 Å². The molecular formula is C20H16ClN7. The molecule has 2 heterocycles. The molecule has 0 aliphatic rings. The summed E-state index contributed by atoms with van der Waals surface area (Å²) in [5.41, 5.74) is 5.39. The summed E-state index contributed by atoms with van der Waals surface area (Å²) in [4.78, 5) is 0. The Labute approximate surface area is 166 Å². The van der Waals surface area contributed by atoms with E-state index in [1.807, 2.05) is 38.1 Å². The molecule has 0 N–H and O–H groups in total. The highest BCUT2D eigenvalue weighted by Gasteiger charge is 2.18. The molecular weight excluding hydrogens is 374 g/mol. The zero-order valence-electron chi connectivity index (χ0n) is 15.3. The van der Waals surface area contributed by atoms with Gasteiger partial charge in [-0.05, 0) is 65.2 Å². The van der Waals surface area contributed by atoms with Crippen LogP contribution in [0.3, 0.4) is 0 Å². The highest BCUT2D eigenvalue weighted by atomic mass is 35.5. The lowest BCUT2D eigenvalue weighted by Crippen LogP contribution is -2.04. The molecule has 8 heteroatoms. The summed E-state index contributed by atoms with van der Waals surface area (Å²) < 4.78 is 3.34. The minimum absolute atomic E-state index is 0.445. The molecule has 4 aromatic rings. The monoisotopic (exact) mass is 389 g/mol. The van der Waals surface area contributed by atoms with Crippen molar-refractivity contribution in [2.75, 3.05) is 0 Å². The molecule has 0 saturated heterocycles. The van der Waals surface area contributed by atoms with Crippen LogP contribution in [0.4, 0.5) is 0 Å². The van der Waals surface area contributed by atoms with E-state index >= 15 is 0 Å². The first kappa shape index (κ1) is 17.9. The summed E-state index contributed by atoms with van der Waals surface area (Å²) in [6, 6.07) is 15.5. The topological polar surface area (TPSA) is 85.2 Å². The number of aromatic nitrogens is 6. The van der Waals surface area contributed by atoms with Crippen LogP contribution in [-0.2, 0) is 6.54 Å². The summed E-state index contributed by atoms with van der Waals surface area (Å²) in [5.74, 6) is 0.532. The molecule has 4 rings (SSSR count). The largest absolute Gasteiger partial charge is 0.221 e. The van der Waals surface area contributed by atoms with E-state index in [1.165, 1.54) is 0 Å². The first-order valence-electron chi connectivity index (χ1n) is 8.63. The van der Waals surface area contributed by atoms with Crippen molar-refractivity contribution >= 4 is 11.6 Å². The average Bonchev–Trinajstić information content (AvgIpc) is 3.27. The number of tetrazole rings is 1. The van der Waals surface area contributed by atoms with Crippen molar-refractivity contribution in [2.45, 2.75) is 20.4 Å². The minimum Gasteiger partial charge on any atom is -0.221 e. The maximum atomic E-state index is 8.93. The molecule has 0 radical (unpaired) electrons. The Morgan fingerprint density at radius 3 is 2.46 bits per heavy atom. The molecule has 0 bridgehead atoms. The summed E-state index contributed by atoms with van der Waals surface area (Å²) in [6.45, 7) is 4.53. The predicted molar refractivity (Wildman–Crippen MR) is 105 cm³/mol. The second-order valence-corrected chi connectivity index (χ2v) is 6.93. The molecule has 0 unspecified atom stereocenters. The number of halogens is 1. The Kier molecular flexibility index (Phi) is 4.63. The van der Waals surface area contributed by atoms with Crippen LogP contribution in [0.5, 0.6) is 0 Å². The number of rotatable bonds is 4. The molecule has 2 aromatic heterocycles. The molecule has 0 amide bonds. The molecule has 0 aliphatic carbocycles. The second-order valence-electron chi connectivity index (χ2n) is 6.58. The Morgan fingerprint density at radius 1 is 1.07 bits per heavy atom. The van der Waals surface area contributed by atoms with Gasteiger partial charge in [0.15, 0.2) is 5.82 Å². The smallest absolute Gasteiger partial charge is 0.187 e. The van der Waals surface area contributed by atoms with Crippen molar-refractivity contribution in [3.8, 4) is 23.1 Å². The highest BCUT2D eigenvalue weighted by molar-refractivity contribution is 6.32. The van der Waals surface area contributed by atoms with Gasteiger partial charge >= 0.3 is 0 Å². The molecule has 0 aliphatic heterocycles. The Hall–Kier alpha value is -3.50. The molecule has 2 aromatic carbocycles. The number of benzene rings is 2. The van der Waals surface area contributed by atoms with E-state index in [0.717, 1.165) is 22.4 Å². The molecule has 28 heavy (non-hydrogen) atoms. The number of hydrogen-bond donors (Lipinski definition) is 0. The summed E-state index contributed by atoms with van der Waals surface area (Å²) in [5, 5.41) is 25.8. The lowest BCUT2D eigenvalue weighted by atomic mass is 10.1. The van der Waals surface area contributed by atoms with Crippen LogP contribution in [0.15, 0.2) is 48.7 Å². The van der Waals surface area contributed by atoms with Gasteiger partial charge in [-0.3, -0.25) is 0 Å². The Balaban J connectivity index is 1.68. The maximum absolute atomic E-state index is 8.93. The maximum Gasteiger partial charge on any atom is 0.187 e. The van der Waals surface area contributed by atoms with E-state index in [4.69, 9.17) is 16.9 Å². The Bertz CT molecular complexity index is 1160. The third-order valence-corrected chi connectivity index (χ3v) is 4.71. The van der Waals surface area contributed by atoms with Gasteiger partial charge in [0, 0.05) is 0 Å². The average molecular weight is 390 g/mol. The van der Waals surface area contributed by atoms with Crippen LogP contribution in [0, 0.1) is 25.2 Å². The van der Waals surface area contributed by atoms with Crippen LogP contribution in [0.1, 0.15) is 22.3 Å². The van der Waals surface area contributed by atoms with Gasteiger partial charge in [-0.15, -0.1) is 5.10 Å². The van der Waals surface area contributed by atoms with Crippen LogP contribution < -0.4 is 0 Å². The van der Waals surface area contributed by atoms with Crippen molar-refractivity contribution in [2.24, 2.45) is 0 Å². The molecule has 0 saturated carbocycles. The fraction of sp³-hybridized carbons (Fsp3) is 0.150. The zero-order valence-corrected chi connectivity index (χ0v) is 16.1. The molecule has 0 fully saturated rings. The molecule has 0 atom stereocenters. The normalized spacial score (nSPS) is 10.8. The van der Waals surface area contributed by atoms with E-state index in [2.05, 4.69) is 32.8 Å². The highest BCUT2D eigenvalue weighted by Crippen LogP contribution is 2.29. The number of nitrogens with zero attached hydrogens (tertiary/aromatic N) is 7. The minimum atomic E-state index is 0.445. The third kappa shape index (κ3) is 3.38. The lowest BCUT2D eigenvalue weighted by Gasteiger charge is -2.07. The number of hydrogen-bond acceptors (Lipinski definition) is 5. The summed E-state index contributed by atoms with van der Waals surface area (Å²) in [7, 11) is 0. The van der Waals surface area contributed by atoms with Crippen LogP contribution in [0.2, 0.25) is 5.15 Å².